The number of benzene rings is 1. The van der Waals surface area contributed by atoms with Crippen LogP contribution >= 0.6 is 39.5 Å². The Morgan fingerprint density at radius 3 is 2.90 bits per heavy atom. The summed E-state index contributed by atoms with van der Waals surface area (Å²) in [6.45, 7) is 2.57. The highest BCUT2D eigenvalue weighted by atomic mass is 79.9. The molecule has 0 fully saturated rings. The lowest BCUT2D eigenvalue weighted by Gasteiger charge is -2.10. The number of halogens is 2. The van der Waals surface area contributed by atoms with Crippen molar-refractivity contribution in [1.29, 1.82) is 0 Å². The highest BCUT2D eigenvalue weighted by Crippen LogP contribution is 2.27. The molecule has 0 radical (unpaired) electrons. The molecule has 2 aromatic rings. The first-order valence-corrected chi connectivity index (χ1v) is 8.00. The first kappa shape index (κ1) is 15.3. The average Bonchev–Trinajstić information content (AvgIpc) is 2.80. The van der Waals surface area contributed by atoms with Crippen molar-refractivity contribution in [2.24, 2.45) is 5.73 Å². The molecule has 0 bridgehead atoms. The van der Waals surface area contributed by atoms with E-state index < -0.39 is 0 Å². The lowest BCUT2D eigenvalue weighted by Crippen LogP contribution is -2.12. The quantitative estimate of drug-likeness (QED) is 0.785. The van der Waals surface area contributed by atoms with Crippen molar-refractivity contribution in [3.63, 3.8) is 0 Å². The molecule has 3 nitrogen and oxygen atoms in total. The van der Waals surface area contributed by atoms with Gasteiger partial charge in [0.25, 0.3) is 0 Å². The maximum atomic E-state index is 14.1. The third kappa shape index (κ3) is 3.53. The van der Waals surface area contributed by atoms with Crippen LogP contribution in [0.25, 0.3) is 0 Å². The fourth-order valence-electron chi connectivity index (χ4n) is 1.70. The summed E-state index contributed by atoms with van der Waals surface area (Å²) in [5.74, 6) is -0.384. The molecule has 0 aliphatic carbocycles. The number of thiazole rings is 1. The van der Waals surface area contributed by atoms with Gasteiger partial charge in [-0.05, 0) is 35.0 Å². The van der Waals surface area contributed by atoms with E-state index in [9.17, 15) is 4.39 Å². The Morgan fingerprint density at radius 1 is 1.55 bits per heavy atom. The second-order valence-corrected chi connectivity index (χ2v) is 6.39. The Kier molecular flexibility index (Phi) is 5.06. The van der Waals surface area contributed by atoms with Crippen molar-refractivity contribution in [2.75, 3.05) is 11.9 Å². The third-order valence-corrected chi connectivity index (χ3v) is 4.69. The highest BCUT2D eigenvalue weighted by Gasteiger charge is 2.12. The summed E-state index contributed by atoms with van der Waals surface area (Å²) >= 11 is 9.65. The van der Waals surface area contributed by atoms with E-state index in [0.717, 1.165) is 17.1 Å². The van der Waals surface area contributed by atoms with Crippen LogP contribution in [-0.4, -0.2) is 16.5 Å². The lowest BCUT2D eigenvalue weighted by molar-refractivity contribution is 0.623. The zero-order valence-corrected chi connectivity index (χ0v) is 14.0. The van der Waals surface area contributed by atoms with Gasteiger partial charge in [-0.15, -0.1) is 11.3 Å². The largest absolute Gasteiger partial charge is 0.389 e. The second-order valence-electron chi connectivity index (χ2n) is 4.21. The fraction of sp³-hybridized carbons (Fsp3) is 0.231. The van der Waals surface area contributed by atoms with Gasteiger partial charge in [-0.2, -0.15) is 0 Å². The standard InChI is InChI=1S/C13H13BrFN3S2/c1-7-6-20-10(18-7)4-5-17-9-3-2-8(13(16)19)11(14)12(9)15/h2-3,6,17H,4-5H2,1H3,(H2,16,19). The van der Waals surface area contributed by atoms with Crippen LogP contribution in [0.4, 0.5) is 10.1 Å². The zero-order valence-electron chi connectivity index (χ0n) is 10.7. The summed E-state index contributed by atoms with van der Waals surface area (Å²) in [5.41, 5.74) is 7.45. The number of rotatable bonds is 5. The van der Waals surface area contributed by atoms with Crippen LogP contribution in [0, 0.1) is 12.7 Å². The van der Waals surface area contributed by atoms with Crippen LogP contribution < -0.4 is 11.1 Å². The van der Waals surface area contributed by atoms with E-state index in [4.69, 9.17) is 18.0 Å². The number of nitrogens with zero attached hydrogens (tertiary/aromatic N) is 1. The summed E-state index contributed by atoms with van der Waals surface area (Å²) < 4.78 is 14.4. The van der Waals surface area contributed by atoms with Crippen molar-refractivity contribution in [2.45, 2.75) is 13.3 Å². The number of aromatic nitrogens is 1. The van der Waals surface area contributed by atoms with E-state index >= 15 is 0 Å². The van der Waals surface area contributed by atoms with Gasteiger partial charge in [-0.25, -0.2) is 9.37 Å². The average molecular weight is 374 g/mol. The smallest absolute Gasteiger partial charge is 0.161 e. The molecule has 2 rings (SSSR count). The monoisotopic (exact) mass is 373 g/mol. The minimum Gasteiger partial charge on any atom is -0.389 e. The lowest BCUT2D eigenvalue weighted by atomic mass is 10.2. The zero-order chi connectivity index (χ0) is 14.7. The van der Waals surface area contributed by atoms with Crippen LogP contribution in [0.2, 0.25) is 0 Å². The molecule has 20 heavy (non-hydrogen) atoms. The molecule has 1 heterocycles. The molecule has 3 N–H and O–H groups in total. The Bertz CT molecular complexity index is 643. The summed E-state index contributed by atoms with van der Waals surface area (Å²) in [4.78, 5) is 4.53. The number of thiocarbonyl (C=S) groups is 1. The first-order chi connectivity index (χ1) is 9.49. The summed E-state index contributed by atoms with van der Waals surface area (Å²) in [6.07, 6.45) is 0.757. The van der Waals surface area contributed by atoms with Crippen LogP contribution in [0.1, 0.15) is 16.3 Å². The molecule has 0 atom stereocenters. The Hall–Kier alpha value is -1.05. The van der Waals surface area contributed by atoms with Crippen molar-refractivity contribution >= 4 is 50.2 Å². The van der Waals surface area contributed by atoms with E-state index in [0.29, 0.717) is 22.3 Å². The predicted molar refractivity (Wildman–Crippen MR) is 89.0 cm³/mol. The van der Waals surface area contributed by atoms with E-state index in [2.05, 4.69) is 26.2 Å². The normalized spacial score (nSPS) is 10.6. The molecule has 0 amide bonds. The van der Waals surface area contributed by atoms with Crippen LogP contribution in [0.3, 0.4) is 0 Å². The number of nitrogens with two attached hydrogens (primary N) is 1. The number of hydrogen-bond acceptors (Lipinski definition) is 4. The molecule has 0 aliphatic heterocycles. The summed E-state index contributed by atoms with van der Waals surface area (Å²) in [5, 5.41) is 6.10. The molecule has 1 aromatic heterocycles. The molecular formula is C13H13BrFN3S2. The number of anilines is 1. The van der Waals surface area contributed by atoms with Crippen molar-refractivity contribution in [3.8, 4) is 0 Å². The van der Waals surface area contributed by atoms with Gasteiger partial charge in [-0.1, -0.05) is 12.2 Å². The van der Waals surface area contributed by atoms with Gasteiger partial charge < -0.3 is 11.1 Å². The Balaban J connectivity index is 2.03. The van der Waals surface area contributed by atoms with Crippen LogP contribution in [-0.2, 0) is 6.42 Å². The van der Waals surface area contributed by atoms with Gasteiger partial charge >= 0.3 is 0 Å². The molecule has 0 unspecified atom stereocenters. The number of hydrogen-bond donors (Lipinski definition) is 2. The van der Waals surface area contributed by atoms with E-state index in [1.807, 2.05) is 12.3 Å². The van der Waals surface area contributed by atoms with E-state index in [1.165, 1.54) is 0 Å². The minimum atomic E-state index is -0.384. The molecular weight excluding hydrogens is 361 g/mol. The summed E-state index contributed by atoms with van der Waals surface area (Å²) in [7, 11) is 0. The fourth-order valence-corrected chi connectivity index (χ4v) is 3.33. The van der Waals surface area contributed by atoms with Crippen LogP contribution in [0.15, 0.2) is 22.0 Å². The van der Waals surface area contributed by atoms with Gasteiger partial charge in [0, 0.05) is 29.6 Å². The van der Waals surface area contributed by atoms with Crippen molar-refractivity contribution in [3.05, 3.63) is 44.1 Å². The van der Waals surface area contributed by atoms with Gasteiger partial charge in [0.2, 0.25) is 0 Å². The first-order valence-electron chi connectivity index (χ1n) is 5.91. The molecule has 7 heteroatoms. The van der Waals surface area contributed by atoms with Gasteiger partial charge in [0.1, 0.15) is 4.99 Å². The second kappa shape index (κ2) is 6.60. The molecule has 0 aliphatic rings. The molecule has 0 spiro atoms. The maximum Gasteiger partial charge on any atom is 0.161 e. The van der Waals surface area contributed by atoms with Gasteiger partial charge in [-0.3, -0.25) is 0 Å². The molecule has 106 valence electrons. The molecule has 0 saturated heterocycles. The number of aryl methyl sites for hydroxylation is 1. The minimum absolute atomic E-state index is 0.167. The highest BCUT2D eigenvalue weighted by molar-refractivity contribution is 9.10. The van der Waals surface area contributed by atoms with Crippen molar-refractivity contribution < 1.29 is 4.39 Å². The third-order valence-electron chi connectivity index (χ3n) is 2.67. The molecule has 1 aromatic carbocycles. The SMILES string of the molecule is Cc1csc(CCNc2ccc(C(N)=S)c(Br)c2F)n1. The van der Waals surface area contributed by atoms with Crippen molar-refractivity contribution in [1.82, 2.24) is 4.98 Å². The molecule has 0 saturated carbocycles. The van der Waals surface area contributed by atoms with Gasteiger partial charge in [0.15, 0.2) is 5.82 Å². The van der Waals surface area contributed by atoms with Crippen LogP contribution in [0.5, 0.6) is 0 Å². The number of nitrogens with one attached hydrogen (secondary N) is 1. The predicted octanol–water partition coefficient (Wildman–Crippen LogP) is 3.64. The topological polar surface area (TPSA) is 50.9 Å². The van der Waals surface area contributed by atoms with Gasteiger partial charge in [0.05, 0.1) is 15.2 Å². The Labute approximate surface area is 134 Å². The maximum absolute atomic E-state index is 14.1. The van der Waals surface area contributed by atoms with E-state index in [1.54, 1.807) is 23.5 Å². The van der Waals surface area contributed by atoms with E-state index in [-0.39, 0.29) is 10.8 Å². The Morgan fingerprint density at radius 2 is 2.30 bits per heavy atom. The summed E-state index contributed by atoms with van der Waals surface area (Å²) in [6, 6.07) is 3.34.